The first-order valence-corrected chi connectivity index (χ1v) is 8.40. The van der Waals surface area contributed by atoms with Crippen LogP contribution in [0.25, 0.3) is 0 Å². The summed E-state index contributed by atoms with van der Waals surface area (Å²) in [5.74, 6) is -1.14. The molecule has 0 aliphatic carbocycles. The average molecular weight is 353 g/mol. The summed E-state index contributed by atoms with van der Waals surface area (Å²) in [4.78, 5) is 38.2. The highest BCUT2D eigenvalue weighted by Crippen LogP contribution is 2.17. The maximum atomic E-state index is 12.7. The van der Waals surface area contributed by atoms with Crippen LogP contribution in [0, 0.1) is 0 Å². The van der Waals surface area contributed by atoms with Gasteiger partial charge in [-0.2, -0.15) is 0 Å². The van der Waals surface area contributed by atoms with E-state index < -0.39 is 12.0 Å². The second-order valence-corrected chi connectivity index (χ2v) is 6.03. The van der Waals surface area contributed by atoms with Gasteiger partial charge in [-0.15, -0.1) is 0 Å². The zero-order valence-electron chi connectivity index (χ0n) is 13.6. The molecule has 0 spiro atoms. The summed E-state index contributed by atoms with van der Waals surface area (Å²) in [5, 5.41) is 3.13. The standard InChI is InChI=1S/C17H21ClN2O4/c1-2-3-9-24-15(21)11-14-16(22)19-7-8-20(14)17(23)12-5-4-6-13(18)10-12/h4-6,10,14H,2-3,7-9,11H2,1H3,(H,19,22)/t14-/m1/s1. The number of unbranched alkanes of at least 4 members (excludes halogenated alkanes) is 1. The van der Waals surface area contributed by atoms with Crippen molar-refractivity contribution in [2.24, 2.45) is 0 Å². The van der Waals surface area contributed by atoms with Crippen molar-refractivity contribution in [3.63, 3.8) is 0 Å². The molecule has 1 aliphatic rings. The number of nitrogens with zero attached hydrogens (tertiary/aromatic N) is 1. The fourth-order valence-corrected chi connectivity index (χ4v) is 2.69. The molecule has 1 N–H and O–H groups in total. The molecule has 2 rings (SSSR count). The molecule has 7 heteroatoms. The Kier molecular flexibility index (Phi) is 6.61. The van der Waals surface area contributed by atoms with Crippen LogP contribution in [0.1, 0.15) is 36.5 Å². The molecule has 0 radical (unpaired) electrons. The number of halogens is 1. The molecule has 0 saturated carbocycles. The van der Waals surface area contributed by atoms with Crippen molar-refractivity contribution in [1.82, 2.24) is 10.2 Å². The van der Waals surface area contributed by atoms with Crippen molar-refractivity contribution in [2.45, 2.75) is 32.2 Å². The van der Waals surface area contributed by atoms with Gasteiger partial charge < -0.3 is 15.0 Å². The van der Waals surface area contributed by atoms with E-state index in [1.807, 2.05) is 6.92 Å². The van der Waals surface area contributed by atoms with E-state index in [1.165, 1.54) is 4.90 Å². The second kappa shape index (κ2) is 8.68. The number of amides is 2. The largest absolute Gasteiger partial charge is 0.466 e. The van der Waals surface area contributed by atoms with E-state index in [0.717, 1.165) is 12.8 Å². The lowest BCUT2D eigenvalue weighted by atomic mass is 10.1. The Morgan fingerprint density at radius 2 is 2.21 bits per heavy atom. The smallest absolute Gasteiger partial charge is 0.308 e. The average Bonchev–Trinajstić information content (AvgIpc) is 2.56. The van der Waals surface area contributed by atoms with Crippen molar-refractivity contribution in [3.8, 4) is 0 Å². The van der Waals surface area contributed by atoms with Crippen LogP contribution in [0.2, 0.25) is 5.02 Å². The van der Waals surface area contributed by atoms with Gasteiger partial charge in [0.25, 0.3) is 5.91 Å². The minimum absolute atomic E-state index is 0.151. The topological polar surface area (TPSA) is 75.7 Å². The molecule has 1 aliphatic heterocycles. The number of nitrogens with one attached hydrogen (secondary N) is 1. The molecule has 0 aromatic heterocycles. The molecule has 0 bridgehead atoms. The zero-order chi connectivity index (χ0) is 17.5. The molecule has 1 aromatic rings. The fourth-order valence-electron chi connectivity index (χ4n) is 2.50. The van der Waals surface area contributed by atoms with E-state index in [4.69, 9.17) is 16.3 Å². The van der Waals surface area contributed by atoms with E-state index >= 15 is 0 Å². The van der Waals surface area contributed by atoms with Crippen molar-refractivity contribution in [3.05, 3.63) is 34.9 Å². The Morgan fingerprint density at radius 1 is 1.42 bits per heavy atom. The van der Waals surface area contributed by atoms with Crippen LogP contribution < -0.4 is 5.32 Å². The first kappa shape index (κ1) is 18.3. The monoisotopic (exact) mass is 352 g/mol. The fraction of sp³-hybridized carbons (Fsp3) is 0.471. The Hall–Kier alpha value is -2.08. The number of benzene rings is 1. The van der Waals surface area contributed by atoms with E-state index in [-0.39, 0.29) is 18.2 Å². The number of esters is 1. The predicted octanol–water partition coefficient (Wildman–Crippen LogP) is 2.01. The van der Waals surface area contributed by atoms with Crippen LogP contribution in [0.4, 0.5) is 0 Å². The Labute approximate surface area is 146 Å². The molecule has 1 saturated heterocycles. The quantitative estimate of drug-likeness (QED) is 0.627. The van der Waals surface area contributed by atoms with E-state index in [9.17, 15) is 14.4 Å². The summed E-state index contributed by atoms with van der Waals surface area (Å²) in [7, 11) is 0. The van der Waals surface area contributed by atoms with E-state index in [1.54, 1.807) is 24.3 Å². The molecule has 1 atom stereocenters. The minimum Gasteiger partial charge on any atom is -0.466 e. The molecular weight excluding hydrogens is 332 g/mol. The van der Waals surface area contributed by atoms with Gasteiger partial charge in [0.1, 0.15) is 6.04 Å². The zero-order valence-corrected chi connectivity index (χ0v) is 14.3. The van der Waals surface area contributed by atoms with Gasteiger partial charge in [-0.05, 0) is 24.6 Å². The lowest BCUT2D eigenvalue weighted by Gasteiger charge is -2.34. The third-order valence-electron chi connectivity index (χ3n) is 3.78. The SMILES string of the molecule is CCCCOC(=O)C[C@@H]1C(=O)NCCN1C(=O)c1cccc(Cl)c1. The van der Waals surface area contributed by atoms with E-state index in [0.29, 0.717) is 30.3 Å². The summed E-state index contributed by atoms with van der Waals surface area (Å²) in [6.07, 6.45) is 1.53. The van der Waals surface area contributed by atoms with Gasteiger partial charge in [-0.3, -0.25) is 14.4 Å². The van der Waals surface area contributed by atoms with Gasteiger partial charge in [0, 0.05) is 23.7 Å². The van der Waals surface area contributed by atoms with Gasteiger partial charge >= 0.3 is 5.97 Å². The highest BCUT2D eigenvalue weighted by atomic mass is 35.5. The van der Waals surface area contributed by atoms with Crippen molar-refractivity contribution in [1.29, 1.82) is 0 Å². The second-order valence-electron chi connectivity index (χ2n) is 5.59. The van der Waals surface area contributed by atoms with Crippen molar-refractivity contribution < 1.29 is 19.1 Å². The lowest BCUT2D eigenvalue weighted by molar-refractivity contribution is -0.147. The maximum absolute atomic E-state index is 12.7. The van der Waals surface area contributed by atoms with Crippen LogP contribution in [0.3, 0.4) is 0 Å². The molecule has 6 nitrogen and oxygen atoms in total. The van der Waals surface area contributed by atoms with Crippen LogP contribution in [-0.4, -0.2) is 48.4 Å². The molecule has 1 heterocycles. The summed E-state index contributed by atoms with van der Waals surface area (Å²) in [6.45, 7) is 3.01. The third-order valence-corrected chi connectivity index (χ3v) is 4.02. The van der Waals surface area contributed by atoms with Gasteiger partial charge in [0.15, 0.2) is 0 Å². The molecule has 130 valence electrons. The van der Waals surface area contributed by atoms with Crippen molar-refractivity contribution in [2.75, 3.05) is 19.7 Å². The minimum atomic E-state index is -0.862. The lowest BCUT2D eigenvalue weighted by Crippen LogP contribution is -2.57. The summed E-state index contributed by atoms with van der Waals surface area (Å²) >= 11 is 5.92. The van der Waals surface area contributed by atoms with Gasteiger partial charge in [-0.25, -0.2) is 0 Å². The number of ether oxygens (including phenoxy) is 1. The molecule has 24 heavy (non-hydrogen) atoms. The van der Waals surface area contributed by atoms with E-state index in [2.05, 4.69) is 5.32 Å². The molecule has 0 unspecified atom stereocenters. The third kappa shape index (κ3) is 4.71. The number of hydrogen-bond acceptors (Lipinski definition) is 4. The number of hydrogen-bond donors (Lipinski definition) is 1. The number of carbonyl (C=O) groups excluding carboxylic acids is 3. The highest BCUT2D eigenvalue weighted by molar-refractivity contribution is 6.31. The van der Waals surface area contributed by atoms with Crippen LogP contribution in [0.15, 0.2) is 24.3 Å². The Bertz CT molecular complexity index is 620. The number of piperazine rings is 1. The van der Waals surface area contributed by atoms with Crippen molar-refractivity contribution >= 4 is 29.4 Å². The maximum Gasteiger partial charge on any atom is 0.308 e. The summed E-state index contributed by atoms with van der Waals surface area (Å²) in [5.41, 5.74) is 0.390. The summed E-state index contributed by atoms with van der Waals surface area (Å²) in [6, 6.07) is 5.67. The molecule has 1 aromatic carbocycles. The Morgan fingerprint density at radius 3 is 2.92 bits per heavy atom. The van der Waals surface area contributed by atoms with Gasteiger partial charge in [-0.1, -0.05) is 31.0 Å². The normalized spacial score (nSPS) is 17.3. The first-order chi connectivity index (χ1) is 11.5. The first-order valence-electron chi connectivity index (χ1n) is 8.02. The van der Waals surface area contributed by atoms with Crippen LogP contribution >= 0.6 is 11.6 Å². The molecule has 2 amide bonds. The number of carbonyl (C=O) groups is 3. The predicted molar refractivity (Wildman–Crippen MR) is 89.8 cm³/mol. The Balaban J connectivity index is 2.09. The summed E-state index contributed by atoms with van der Waals surface area (Å²) < 4.78 is 5.11. The van der Waals surface area contributed by atoms with Crippen LogP contribution in [-0.2, 0) is 14.3 Å². The van der Waals surface area contributed by atoms with Gasteiger partial charge in [0.05, 0.1) is 13.0 Å². The number of rotatable bonds is 6. The highest BCUT2D eigenvalue weighted by Gasteiger charge is 2.35. The molecular formula is C17H21ClN2O4. The van der Waals surface area contributed by atoms with Gasteiger partial charge in [0.2, 0.25) is 5.91 Å². The molecule has 1 fully saturated rings. The van der Waals surface area contributed by atoms with Crippen LogP contribution in [0.5, 0.6) is 0 Å².